The molecular formula is C34H57N7O7S. The van der Waals surface area contributed by atoms with Gasteiger partial charge in [-0.2, -0.15) is 17.0 Å². The number of nitrogens with zero attached hydrogens (tertiary/aromatic N) is 3. The standard InChI is InChI=1S/C34H57N7O7S/c1-14-16-17-22(26(42)29(44)35-18-15-2)36-28(43)25-24-21(34(24,9)10)19-41(25)30(45)27(33(6,7)8)38-31(46)37-23(32(3,4)5)20-40(13)49(47,48)39(11)12/h1,15,21-25,27H,2,16-20H2,3-13H3,(H,35,44)(H,36,43)(H2,37,38,46)/t21-,22?,23+,24-,25-,27+/m0/s1. The molecule has 0 bridgehead atoms. The minimum absolute atomic E-state index is 0.0110. The molecule has 14 nitrogen and oxygen atoms in total. The second-order valence-corrected chi connectivity index (χ2v) is 18.2. The lowest BCUT2D eigenvalue weighted by molar-refractivity contribution is -0.145. The topological polar surface area (TPSA) is 177 Å². The van der Waals surface area contributed by atoms with Crippen molar-refractivity contribution in [2.75, 3.05) is 40.8 Å². The van der Waals surface area contributed by atoms with Crippen molar-refractivity contribution in [2.45, 2.75) is 92.4 Å². The van der Waals surface area contributed by atoms with Crippen molar-refractivity contribution in [1.29, 1.82) is 0 Å². The van der Waals surface area contributed by atoms with Crippen LogP contribution >= 0.6 is 0 Å². The Labute approximate surface area is 292 Å². The Kier molecular flexibility index (Phi) is 13.3. The Morgan fingerprint density at radius 2 is 1.61 bits per heavy atom. The number of nitrogens with one attached hydrogen (secondary N) is 4. The summed E-state index contributed by atoms with van der Waals surface area (Å²) < 4.78 is 27.7. The van der Waals surface area contributed by atoms with Gasteiger partial charge < -0.3 is 26.2 Å². The second kappa shape index (κ2) is 15.6. The van der Waals surface area contributed by atoms with Crippen molar-refractivity contribution in [1.82, 2.24) is 34.8 Å². The maximum absolute atomic E-state index is 14.3. The molecule has 0 aromatic heterocycles. The smallest absolute Gasteiger partial charge is 0.315 e. The Morgan fingerprint density at radius 3 is 2.10 bits per heavy atom. The summed E-state index contributed by atoms with van der Waals surface area (Å²) in [6.45, 7) is 18.8. The van der Waals surface area contributed by atoms with Crippen LogP contribution in [0.5, 0.6) is 0 Å². The Hall–Kier alpha value is -3.48. The first kappa shape index (κ1) is 41.7. The lowest BCUT2D eigenvalue weighted by Gasteiger charge is -2.39. The van der Waals surface area contributed by atoms with Gasteiger partial charge in [-0.15, -0.1) is 18.9 Å². The van der Waals surface area contributed by atoms with Crippen molar-refractivity contribution in [2.24, 2.45) is 28.1 Å². The third-order valence-electron chi connectivity index (χ3n) is 9.64. The number of amides is 5. The second-order valence-electron chi connectivity index (χ2n) is 16.0. The summed E-state index contributed by atoms with van der Waals surface area (Å²) >= 11 is 0. The molecule has 6 atom stereocenters. The molecule has 49 heavy (non-hydrogen) atoms. The number of fused-ring (bicyclic) bond motifs is 1. The fourth-order valence-electron chi connectivity index (χ4n) is 6.29. The van der Waals surface area contributed by atoms with Gasteiger partial charge in [0.25, 0.3) is 16.1 Å². The van der Waals surface area contributed by atoms with E-state index >= 15 is 0 Å². The number of hydrogen-bond acceptors (Lipinski definition) is 7. The van der Waals surface area contributed by atoms with Crippen LogP contribution in [-0.4, -0.2) is 116 Å². The third kappa shape index (κ3) is 9.82. The molecule has 4 N–H and O–H groups in total. The molecule has 2 aliphatic rings. The summed E-state index contributed by atoms with van der Waals surface area (Å²) in [5.74, 6) is -0.540. The molecule has 1 heterocycles. The zero-order valence-electron chi connectivity index (χ0n) is 31.0. The van der Waals surface area contributed by atoms with Crippen LogP contribution in [-0.2, 0) is 29.4 Å². The van der Waals surface area contributed by atoms with Crippen LogP contribution in [0.2, 0.25) is 0 Å². The van der Waals surface area contributed by atoms with Gasteiger partial charge >= 0.3 is 6.03 Å². The average molecular weight is 708 g/mol. The number of likely N-dealkylation sites (tertiary alicyclic amines) is 1. The molecule has 5 amide bonds. The highest BCUT2D eigenvalue weighted by Gasteiger charge is 2.70. The van der Waals surface area contributed by atoms with Crippen molar-refractivity contribution >= 4 is 39.7 Å². The van der Waals surface area contributed by atoms with Gasteiger partial charge in [0.05, 0.1) is 6.04 Å². The highest BCUT2D eigenvalue weighted by atomic mass is 32.2. The lowest BCUT2D eigenvalue weighted by atomic mass is 9.85. The molecule has 0 aromatic rings. The summed E-state index contributed by atoms with van der Waals surface area (Å²) in [5, 5.41) is 10.8. The number of rotatable bonds is 15. The number of terminal acetylenes is 1. The van der Waals surface area contributed by atoms with Crippen LogP contribution in [0.1, 0.15) is 68.2 Å². The van der Waals surface area contributed by atoms with Crippen LogP contribution in [0, 0.1) is 40.4 Å². The van der Waals surface area contributed by atoms with Crippen molar-refractivity contribution in [3.63, 3.8) is 0 Å². The van der Waals surface area contributed by atoms with Crippen LogP contribution in [0.4, 0.5) is 4.79 Å². The molecular weight excluding hydrogens is 650 g/mol. The maximum Gasteiger partial charge on any atom is 0.315 e. The summed E-state index contributed by atoms with van der Waals surface area (Å²) in [6, 6.07) is -4.53. The van der Waals surface area contributed by atoms with E-state index in [0.29, 0.717) is 0 Å². The number of hydrogen-bond donors (Lipinski definition) is 4. The van der Waals surface area contributed by atoms with E-state index in [2.05, 4.69) is 33.8 Å². The lowest BCUT2D eigenvalue weighted by Crippen LogP contribution is -2.62. The van der Waals surface area contributed by atoms with Gasteiger partial charge in [-0.05, 0) is 34.5 Å². The number of urea groups is 1. The van der Waals surface area contributed by atoms with E-state index in [1.165, 1.54) is 32.1 Å². The molecule has 0 aromatic carbocycles. The molecule has 1 unspecified atom stereocenters. The molecule has 276 valence electrons. The number of piperidine rings is 1. The van der Waals surface area contributed by atoms with E-state index in [4.69, 9.17) is 6.42 Å². The maximum atomic E-state index is 14.3. The number of Topliss-reactive ketones (excluding diaryl/α,β-unsaturated/α-hetero) is 1. The molecule has 1 saturated heterocycles. The highest BCUT2D eigenvalue weighted by molar-refractivity contribution is 7.86. The molecule has 15 heteroatoms. The van der Waals surface area contributed by atoms with E-state index in [9.17, 15) is 32.4 Å². The van der Waals surface area contributed by atoms with E-state index in [1.54, 1.807) is 20.8 Å². The van der Waals surface area contributed by atoms with E-state index in [0.717, 1.165) is 8.61 Å². The van der Waals surface area contributed by atoms with Crippen LogP contribution in [0.25, 0.3) is 0 Å². The van der Waals surface area contributed by atoms with Crippen LogP contribution in [0.15, 0.2) is 12.7 Å². The number of carbonyl (C=O) groups is 5. The Morgan fingerprint density at radius 1 is 1.02 bits per heavy atom. The predicted octanol–water partition coefficient (Wildman–Crippen LogP) is 1.11. The highest BCUT2D eigenvalue weighted by Crippen LogP contribution is 2.65. The molecule has 1 saturated carbocycles. The van der Waals surface area contributed by atoms with Gasteiger partial charge in [-0.1, -0.05) is 61.5 Å². The zero-order chi connectivity index (χ0) is 37.9. The Balaban J connectivity index is 2.35. The number of likely N-dealkylation sites (N-methyl/N-ethyl adjacent to an activating group) is 1. The van der Waals surface area contributed by atoms with Crippen molar-refractivity contribution < 1.29 is 32.4 Å². The normalized spacial score (nSPS) is 21.9. The van der Waals surface area contributed by atoms with Crippen molar-refractivity contribution in [3.8, 4) is 12.3 Å². The summed E-state index contributed by atoms with van der Waals surface area (Å²) in [6.07, 6.45) is 7.02. The van der Waals surface area contributed by atoms with Crippen molar-refractivity contribution in [3.05, 3.63) is 12.7 Å². The minimum Gasteiger partial charge on any atom is -0.346 e. The largest absolute Gasteiger partial charge is 0.346 e. The average Bonchev–Trinajstić information content (AvgIpc) is 3.29. The van der Waals surface area contributed by atoms with E-state index in [-0.39, 0.29) is 49.7 Å². The van der Waals surface area contributed by atoms with Gasteiger partial charge in [-0.3, -0.25) is 19.2 Å². The number of ketones is 1. The van der Waals surface area contributed by atoms with Gasteiger partial charge in [0.2, 0.25) is 17.6 Å². The Bertz CT molecular complexity index is 1440. The van der Waals surface area contributed by atoms with Gasteiger partial charge in [0, 0.05) is 53.2 Å². The molecule has 0 spiro atoms. The minimum atomic E-state index is -3.75. The summed E-state index contributed by atoms with van der Waals surface area (Å²) in [5.41, 5.74) is -1.61. The number of carbonyl (C=O) groups excluding carboxylic acids is 5. The van der Waals surface area contributed by atoms with Gasteiger partial charge in [-0.25, -0.2) is 4.79 Å². The first-order valence-corrected chi connectivity index (χ1v) is 17.9. The molecule has 1 aliphatic heterocycles. The van der Waals surface area contributed by atoms with Gasteiger partial charge in [0.15, 0.2) is 0 Å². The third-order valence-corrected chi connectivity index (χ3v) is 11.5. The van der Waals surface area contributed by atoms with Gasteiger partial charge in [0.1, 0.15) is 12.1 Å². The van der Waals surface area contributed by atoms with Crippen LogP contribution < -0.4 is 21.3 Å². The first-order chi connectivity index (χ1) is 22.3. The van der Waals surface area contributed by atoms with E-state index < -0.39 is 74.7 Å². The predicted molar refractivity (Wildman–Crippen MR) is 188 cm³/mol. The fraction of sp³-hybridized carbons (Fsp3) is 0.735. The summed E-state index contributed by atoms with van der Waals surface area (Å²) in [7, 11) is 0.520. The summed E-state index contributed by atoms with van der Waals surface area (Å²) in [4.78, 5) is 68.8. The fourth-order valence-corrected chi connectivity index (χ4v) is 7.18. The SMILES string of the molecule is C#CCCC(NC(=O)[C@@H]1[C@@H]2[C@H](CN1C(=O)[C@@H](NC(=O)N[C@H](CN(C)S(=O)(=O)N(C)C)C(C)(C)C)C(C)(C)C)C2(C)C)C(=O)C(=O)NCC=C. The molecule has 2 rings (SSSR count). The quantitative estimate of drug-likeness (QED) is 0.112. The molecule has 1 aliphatic carbocycles. The first-order valence-electron chi connectivity index (χ1n) is 16.5. The zero-order valence-corrected chi connectivity index (χ0v) is 31.8. The van der Waals surface area contributed by atoms with E-state index in [1.807, 2.05) is 34.6 Å². The molecule has 0 radical (unpaired) electrons. The van der Waals surface area contributed by atoms with Crippen LogP contribution in [0.3, 0.4) is 0 Å². The monoisotopic (exact) mass is 707 g/mol. The molecule has 2 fully saturated rings.